The summed E-state index contributed by atoms with van der Waals surface area (Å²) in [5.41, 5.74) is 3.27. The Morgan fingerprint density at radius 1 is 1.17 bits per heavy atom. The molecule has 0 radical (unpaired) electrons. The molecular formula is C17H17N3S3. The third kappa shape index (κ3) is 4.16. The predicted molar refractivity (Wildman–Crippen MR) is 104 cm³/mol. The molecule has 3 nitrogen and oxygen atoms in total. The molecule has 118 valence electrons. The predicted octanol–water partition coefficient (Wildman–Crippen LogP) is 4.98. The summed E-state index contributed by atoms with van der Waals surface area (Å²) in [6, 6.07) is 12.3. The Morgan fingerprint density at radius 2 is 2.00 bits per heavy atom. The number of rotatable bonds is 4. The normalized spacial score (nSPS) is 10.5. The number of aryl methyl sites for hydroxylation is 2. The van der Waals surface area contributed by atoms with Crippen LogP contribution in [-0.2, 0) is 6.54 Å². The third-order valence-electron chi connectivity index (χ3n) is 3.35. The standard InChI is InChI=1S/C17H17N3S3/c1-11-5-3-4-6-14(11)20-17(21)18-9-13-7-8-16(23-13)15-10-22-12(2)19-15/h3-8,10H,9H2,1-2H3,(H2,18,20,21). The van der Waals surface area contributed by atoms with Crippen LogP contribution in [0, 0.1) is 13.8 Å². The van der Waals surface area contributed by atoms with Crippen LogP contribution < -0.4 is 10.6 Å². The van der Waals surface area contributed by atoms with Gasteiger partial charge in [-0.15, -0.1) is 22.7 Å². The first-order valence-electron chi connectivity index (χ1n) is 7.23. The molecule has 23 heavy (non-hydrogen) atoms. The zero-order chi connectivity index (χ0) is 16.2. The van der Waals surface area contributed by atoms with Crippen molar-refractivity contribution < 1.29 is 0 Å². The number of thiophene rings is 1. The molecule has 0 saturated carbocycles. The van der Waals surface area contributed by atoms with Crippen molar-refractivity contribution in [2.45, 2.75) is 20.4 Å². The van der Waals surface area contributed by atoms with Gasteiger partial charge in [0, 0.05) is 15.9 Å². The van der Waals surface area contributed by atoms with Gasteiger partial charge in [0.1, 0.15) is 0 Å². The number of para-hydroxylation sites is 1. The molecule has 2 heterocycles. The van der Waals surface area contributed by atoms with E-state index in [2.05, 4.69) is 46.1 Å². The van der Waals surface area contributed by atoms with E-state index < -0.39 is 0 Å². The zero-order valence-corrected chi connectivity index (χ0v) is 15.4. The molecule has 1 aromatic carbocycles. The summed E-state index contributed by atoms with van der Waals surface area (Å²) in [6.45, 7) is 4.80. The maximum Gasteiger partial charge on any atom is 0.171 e. The Morgan fingerprint density at radius 3 is 2.74 bits per heavy atom. The van der Waals surface area contributed by atoms with E-state index in [4.69, 9.17) is 12.2 Å². The first-order chi connectivity index (χ1) is 11.1. The van der Waals surface area contributed by atoms with E-state index in [9.17, 15) is 0 Å². The van der Waals surface area contributed by atoms with Gasteiger partial charge in [-0.05, 0) is 49.8 Å². The summed E-state index contributed by atoms with van der Waals surface area (Å²) < 4.78 is 0. The van der Waals surface area contributed by atoms with Gasteiger partial charge in [0.05, 0.1) is 22.1 Å². The highest BCUT2D eigenvalue weighted by Crippen LogP contribution is 2.28. The summed E-state index contributed by atoms with van der Waals surface area (Å²) in [5, 5.41) is 10.3. The first-order valence-corrected chi connectivity index (χ1v) is 9.34. The maximum absolute atomic E-state index is 5.37. The van der Waals surface area contributed by atoms with Crippen LogP contribution in [0.5, 0.6) is 0 Å². The van der Waals surface area contributed by atoms with Crippen LogP contribution in [0.15, 0.2) is 41.8 Å². The van der Waals surface area contributed by atoms with Crippen molar-refractivity contribution in [3.63, 3.8) is 0 Å². The smallest absolute Gasteiger partial charge is 0.171 e. The lowest BCUT2D eigenvalue weighted by atomic mass is 10.2. The van der Waals surface area contributed by atoms with E-state index in [-0.39, 0.29) is 0 Å². The lowest BCUT2D eigenvalue weighted by molar-refractivity contribution is 0.946. The van der Waals surface area contributed by atoms with E-state index >= 15 is 0 Å². The van der Waals surface area contributed by atoms with Gasteiger partial charge >= 0.3 is 0 Å². The van der Waals surface area contributed by atoms with Crippen LogP contribution in [0.2, 0.25) is 0 Å². The van der Waals surface area contributed by atoms with Crippen molar-refractivity contribution in [3.05, 3.63) is 57.2 Å². The van der Waals surface area contributed by atoms with Gasteiger partial charge in [-0.2, -0.15) is 0 Å². The summed E-state index contributed by atoms with van der Waals surface area (Å²) in [5.74, 6) is 0. The van der Waals surface area contributed by atoms with Crippen molar-refractivity contribution in [1.82, 2.24) is 10.3 Å². The Bertz CT molecular complexity index is 820. The lowest BCUT2D eigenvalue weighted by Gasteiger charge is -2.11. The molecule has 0 atom stereocenters. The van der Waals surface area contributed by atoms with Crippen LogP contribution in [0.4, 0.5) is 5.69 Å². The molecule has 0 saturated heterocycles. The van der Waals surface area contributed by atoms with Crippen molar-refractivity contribution in [3.8, 4) is 10.6 Å². The molecule has 0 aliphatic rings. The first kappa shape index (κ1) is 16.1. The molecule has 0 fully saturated rings. The highest BCUT2D eigenvalue weighted by Gasteiger charge is 2.07. The second kappa shape index (κ2) is 7.21. The van der Waals surface area contributed by atoms with Crippen molar-refractivity contribution in [1.29, 1.82) is 0 Å². The number of thiazole rings is 1. The third-order valence-corrected chi connectivity index (χ3v) is 5.48. The lowest BCUT2D eigenvalue weighted by Crippen LogP contribution is -2.27. The maximum atomic E-state index is 5.37. The van der Waals surface area contributed by atoms with E-state index in [1.54, 1.807) is 22.7 Å². The summed E-state index contributed by atoms with van der Waals surface area (Å²) in [7, 11) is 0. The average Bonchev–Trinajstić information content (AvgIpc) is 3.16. The van der Waals surface area contributed by atoms with E-state index in [1.807, 2.05) is 25.1 Å². The topological polar surface area (TPSA) is 37.0 Å². The number of nitrogens with zero attached hydrogens (tertiary/aromatic N) is 1. The molecule has 2 aromatic heterocycles. The SMILES string of the molecule is Cc1nc(-c2ccc(CNC(=S)Nc3ccccc3C)s2)cs1. The second-order valence-electron chi connectivity index (χ2n) is 5.14. The Hall–Kier alpha value is -1.76. The molecule has 0 bridgehead atoms. The molecule has 0 aliphatic carbocycles. The minimum atomic E-state index is 0.638. The fourth-order valence-electron chi connectivity index (χ4n) is 2.13. The average molecular weight is 360 g/mol. The highest BCUT2D eigenvalue weighted by atomic mass is 32.1. The monoisotopic (exact) mass is 359 g/mol. The number of thiocarbonyl (C=S) groups is 1. The minimum absolute atomic E-state index is 0.638. The van der Waals surface area contributed by atoms with Crippen molar-refractivity contribution >= 4 is 45.7 Å². The minimum Gasteiger partial charge on any atom is -0.358 e. The molecule has 0 unspecified atom stereocenters. The largest absolute Gasteiger partial charge is 0.358 e. The van der Waals surface area contributed by atoms with Gasteiger partial charge < -0.3 is 10.6 Å². The molecule has 3 aromatic rings. The van der Waals surface area contributed by atoms with Gasteiger partial charge in [0.2, 0.25) is 0 Å². The van der Waals surface area contributed by atoms with Gasteiger partial charge in [-0.3, -0.25) is 0 Å². The highest BCUT2D eigenvalue weighted by molar-refractivity contribution is 7.80. The van der Waals surface area contributed by atoms with Crippen LogP contribution in [0.1, 0.15) is 15.4 Å². The van der Waals surface area contributed by atoms with Crippen LogP contribution in [0.3, 0.4) is 0 Å². The number of anilines is 1. The van der Waals surface area contributed by atoms with Gasteiger partial charge in [-0.1, -0.05) is 18.2 Å². The van der Waals surface area contributed by atoms with E-state index in [0.717, 1.165) is 16.4 Å². The second-order valence-corrected chi connectivity index (χ2v) is 7.78. The summed E-state index contributed by atoms with van der Waals surface area (Å²) in [6.07, 6.45) is 0. The summed E-state index contributed by atoms with van der Waals surface area (Å²) >= 11 is 8.79. The number of benzene rings is 1. The van der Waals surface area contributed by atoms with Gasteiger partial charge in [0.15, 0.2) is 5.11 Å². The summed E-state index contributed by atoms with van der Waals surface area (Å²) in [4.78, 5) is 6.96. The Labute approximate surface area is 149 Å². The Kier molecular flexibility index (Phi) is 5.05. The molecular weight excluding hydrogens is 342 g/mol. The zero-order valence-electron chi connectivity index (χ0n) is 12.9. The van der Waals surface area contributed by atoms with Gasteiger partial charge in [-0.25, -0.2) is 4.98 Å². The fraction of sp³-hybridized carbons (Fsp3) is 0.176. The number of hydrogen-bond acceptors (Lipinski definition) is 4. The molecule has 0 aliphatic heterocycles. The Balaban J connectivity index is 1.57. The molecule has 0 spiro atoms. The van der Waals surface area contributed by atoms with Gasteiger partial charge in [0.25, 0.3) is 0 Å². The van der Waals surface area contributed by atoms with Crippen molar-refractivity contribution in [2.24, 2.45) is 0 Å². The number of aromatic nitrogens is 1. The van der Waals surface area contributed by atoms with Crippen molar-refractivity contribution in [2.75, 3.05) is 5.32 Å². The van der Waals surface area contributed by atoms with Crippen LogP contribution >= 0.6 is 34.9 Å². The fourth-order valence-corrected chi connectivity index (χ4v) is 3.91. The molecule has 3 rings (SSSR count). The van der Waals surface area contributed by atoms with E-state index in [0.29, 0.717) is 11.7 Å². The number of nitrogens with one attached hydrogen (secondary N) is 2. The quantitative estimate of drug-likeness (QED) is 0.645. The van der Waals surface area contributed by atoms with Crippen LogP contribution in [0.25, 0.3) is 10.6 Å². The number of hydrogen-bond donors (Lipinski definition) is 2. The molecule has 6 heteroatoms. The molecule has 0 amide bonds. The van der Waals surface area contributed by atoms with Crippen LogP contribution in [-0.4, -0.2) is 10.1 Å². The molecule has 2 N–H and O–H groups in total. The van der Waals surface area contributed by atoms with E-state index in [1.165, 1.54) is 15.3 Å².